The Morgan fingerprint density at radius 1 is 1.27 bits per heavy atom. The van der Waals surface area contributed by atoms with Gasteiger partial charge in [-0.15, -0.1) is 0 Å². The van der Waals surface area contributed by atoms with E-state index in [1.54, 1.807) is 0 Å². The normalized spacial score (nSPS) is 27.6. The van der Waals surface area contributed by atoms with Crippen LogP contribution in [0.2, 0.25) is 0 Å². The van der Waals surface area contributed by atoms with Gasteiger partial charge in [-0.2, -0.15) is 5.10 Å². The fraction of sp³-hybridized carbons (Fsp3) is 0.818. The molecule has 0 amide bonds. The summed E-state index contributed by atoms with van der Waals surface area (Å²) in [4.78, 5) is 4.44. The van der Waals surface area contributed by atoms with Gasteiger partial charge in [0, 0.05) is 12.5 Å². The van der Waals surface area contributed by atoms with Crippen LogP contribution in [0.5, 0.6) is 0 Å². The van der Waals surface area contributed by atoms with Gasteiger partial charge in [0.15, 0.2) is 5.82 Å². The van der Waals surface area contributed by atoms with Crippen molar-refractivity contribution in [1.82, 2.24) is 20.1 Å². The van der Waals surface area contributed by atoms with Gasteiger partial charge in [-0.25, -0.2) is 9.67 Å². The first-order valence-electron chi connectivity index (χ1n) is 6.05. The van der Waals surface area contributed by atoms with Crippen LogP contribution in [0.3, 0.4) is 0 Å². The summed E-state index contributed by atoms with van der Waals surface area (Å²) in [6, 6.07) is 0.528. The molecular formula is C11H18N4. The van der Waals surface area contributed by atoms with Gasteiger partial charge in [0.2, 0.25) is 0 Å². The van der Waals surface area contributed by atoms with Crippen molar-refractivity contribution in [2.75, 3.05) is 13.1 Å². The van der Waals surface area contributed by atoms with E-state index in [4.69, 9.17) is 0 Å². The zero-order chi connectivity index (χ0) is 10.1. The molecule has 1 atom stereocenters. The standard InChI is InChI=1S/C11H18N4/c1-3-9(4-1)11-13-8-15(14-11)10-5-2-6-12-7-10/h8-10,12H,1-7H2. The number of aromatic nitrogens is 3. The van der Waals surface area contributed by atoms with E-state index < -0.39 is 0 Å². The van der Waals surface area contributed by atoms with Crippen molar-refractivity contribution in [3.8, 4) is 0 Å². The van der Waals surface area contributed by atoms with Crippen LogP contribution in [-0.2, 0) is 0 Å². The summed E-state index contributed by atoms with van der Waals surface area (Å²) in [5.74, 6) is 1.73. The lowest BCUT2D eigenvalue weighted by Crippen LogP contribution is -2.32. The van der Waals surface area contributed by atoms with Gasteiger partial charge in [-0.1, -0.05) is 6.42 Å². The zero-order valence-electron chi connectivity index (χ0n) is 9.02. The minimum Gasteiger partial charge on any atom is -0.315 e. The molecule has 3 rings (SSSR count). The van der Waals surface area contributed by atoms with Gasteiger partial charge in [-0.05, 0) is 32.2 Å². The summed E-state index contributed by atoms with van der Waals surface area (Å²) in [7, 11) is 0. The molecule has 0 aromatic carbocycles. The van der Waals surface area contributed by atoms with E-state index in [1.807, 2.05) is 6.33 Å². The summed E-state index contributed by atoms with van der Waals surface area (Å²) < 4.78 is 2.07. The summed E-state index contributed by atoms with van der Waals surface area (Å²) >= 11 is 0. The molecule has 1 aromatic heterocycles. The quantitative estimate of drug-likeness (QED) is 0.796. The molecule has 0 radical (unpaired) electrons. The van der Waals surface area contributed by atoms with Crippen LogP contribution in [0, 0.1) is 0 Å². The van der Waals surface area contributed by atoms with E-state index >= 15 is 0 Å². The van der Waals surface area contributed by atoms with Crippen molar-refractivity contribution < 1.29 is 0 Å². The number of hydrogen-bond acceptors (Lipinski definition) is 3. The lowest BCUT2D eigenvalue weighted by molar-refractivity contribution is 0.338. The smallest absolute Gasteiger partial charge is 0.153 e. The second kappa shape index (κ2) is 3.93. The van der Waals surface area contributed by atoms with Gasteiger partial charge < -0.3 is 5.32 Å². The summed E-state index contributed by atoms with van der Waals surface area (Å²) in [6.07, 6.45) is 8.33. The molecule has 2 aliphatic rings. The molecule has 0 spiro atoms. The van der Waals surface area contributed by atoms with Gasteiger partial charge in [-0.3, -0.25) is 0 Å². The highest BCUT2D eigenvalue weighted by atomic mass is 15.4. The molecular weight excluding hydrogens is 188 g/mol. The SMILES string of the molecule is c1nc(C2CCC2)nn1C1CCCNC1. The fourth-order valence-corrected chi connectivity index (χ4v) is 2.38. The molecule has 2 heterocycles. The van der Waals surface area contributed by atoms with Crippen LogP contribution in [-0.4, -0.2) is 27.9 Å². The lowest BCUT2D eigenvalue weighted by atomic mass is 9.85. The van der Waals surface area contributed by atoms with E-state index in [2.05, 4.69) is 20.1 Å². The first-order valence-corrected chi connectivity index (χ1v) is 6.05. The number of nitrogens with zero attached hydrogens (tertiary/aromatic N) is 3. The highest BCUT2D eigenvalue weighted by Crippen LogP contribution is 2.34. The summed E-state index contributed by atoms with van der Waals surface area (Å²) in [6.45, 7) is 2.20. The lowest BCUT2D eigenvalue weighted by Gasteiger charge is -2.24. The van der Waals surface area contributed by atoms with Gasteiger partial charge >= 0.3 is 0 Å². The van der Waals surface area contributed by atoms with Crippen LogP contribution in [0.25, 0.3) is 0 Å². The van der Waals surface area contributed by atoms with Crippen molar-refractivity contribution in [1.29, 1.82) is 0 Å². The van der Waals surface area contributed by atoms with Gasteiger partial charge in [0.05, 0.1) is 6.04 Å². The molecule has 2 fully saturated rings. The van der Waals surface area contributed by atoms with Crippen molar-refractivity contribution in [2.24, 2.45) is 0 Å². The second-order valence-corrected chi connectivity index (χ2v) is 4.71. The molecule has 1 saturated carbocycles. The van der Waals surface area contributed by atoms with Crippen molar-refractivity contribution >= 4 is 0 Å². The summed E-state index contributed by atoms with van der Waals surface area (Å²) in [5.41, 5.74) is 0. The van der Waals surface area contributed by atoms with Crippen LogP contribution < -0.4 is 5.32 Å². The first kappa shape index (κ1) is 9.33. The van der Waals surface area contributed by atoms with Gasteiger partial charge in [0.1, 0.15) is 6.33 Å². The molecule has 1 aliphatic heterocycles. The molecule has 4 heteroatoms. The third-order valence-corrected chi connectivity index (χ3v) is 3.64. The number of piperidine rings is 1. The molecule has 1 aromatic rings. The van der Waals surface area contributed by atoms with Crippen molar-refractivity contribution in [3.63, 3.8) is 0 Å². The summed E-state index contributed by atoms with van der Waals surface area (Å²) in [5, 5.41) is 8.03. The zero-order valence-corrected chi connectivity index (χ0v) is 9.02. The van der Waals surface area contributed by atoms with Crippen molar-refractivity contribution in [3.05, 3.63) is 12.2 Å². The predicted molar refractivity (Wildman–Crippen MR) is 57.8 cm³/mol. The minimum atomic E-state index is 0.528. The number of nitrogens with one attached hydrogen (secondary N) is 1. The maximum absolute atomic E-state index is 4.62. The highest BCUT2D eigenvalue weighted by molar-refractivity contribution is 4.99. The monoisotopic (exact) mass is 206 g/mol. The maximum atomic E-state index is 4.62. The van der Waals surface area contributed by atoms with E-state index in [1.165, 1.54) is 32.1 Å². The first-order chi connectivity index (χ1) is 7.43. The maximum Gasteiger partial charge on any atom is 0.153 e. The van der Waals surface area contributed by atoms with E-state index in [0.717, 1.165) is 18.9 Å². The van der Waals surface area contributed by atoms with Crippen LogP contribution in [0.15, 0.2) is 6.33 Å². The Labute approximate surface area is 90.1 Å². The van der Waals surface area contributed by atoms with Crippen LogP contribution in [0.1, 0.15) is 49.9 Å². The molecule has 1 unspecified atom stereocenters. The third-order valence-electron chi connectivity index (χ3n) is 3.64. The van der Waals surface area contributed by atoms with Gasteiger partial charge in [0.25, 0.3) is 0 Å². The molecule has 1 N–H and O–H groups in total. The Hall–Kier alpha value is -0.900. The third kappa shape index (κ3) is 1.78. The topological polar surface area (TPSA) is 42.7 Å². The molecule has 1 saturated heterocycles. The fourth-order valence-electron chi connectivity index (χ4n) is 2.38. The Kier molecular flexibility index (Phi) is 2.44. The molecule has 4 nitrogen and oxygen atoms in total. The Morgan fingerprint density at radius 2 is 2.20 bits per heavy atom. The van der Waals surface area contributed by atoms with Crippen LogP contribution in [0.4, 0.5) is 0 Å². The molecule has 1 aliphatic carbocycles. The van der Waals surface area contributed by atoms with Crippen molar-refractivity contribution in [2.45, 2.75) is 44.1 Å². The molecule has 0 bridgehead atoms. The number of rotatable bonds is 2. The predicted octanol–water partition coefficient (Wildman–Crippen LogP) is 1.47. The second-order valence-electron chi connectivity index (χ2n) is 4.71. The Bertz CT molecular complexity index is 323. The average molecular weight is 206 g/mol. The molecule has 15 heavy (non-hydrogen) atoms. The average Bonchev–Trinajstić information content (AvgIpc) is 2.66. The Balaban J connectivity index is 1.71. The molecule has 82 valence electrons. The van der Waals surface area contributed by atoms with E-state index in [-0.39, 0.29) is 0 Å². The largest absolute Gasteiger partial charge is 0.315 e. The van der Waals surface area contributed by atoms with Crippen LogP contribution >= 0.6 is 0 Å². The minimum absolute atomic E-state index is 0.528. The van der Waals surface area contributed by atoms with E-state index in [0.29, 0.717) is 12.0 Å². The number of hydrogen-bond donors (Lipinski definition) is 1. The highest BCUT2D eigenvalue weighted by Gasteiger charge is 2.24. The Morgan fingerprint density at radius 3 is 2.87 bits per heavy atom. The van der Waals surface area contributed by atoms with E-state index in [9.17, 15) is 0 Å².